The lowest BCUT2D eigenvalue weighted by Gasteiger charge is -2.22. The zero-order valence-electron chi connectivity index (χ0n) is 8.82. The molecule has 0 saturated carbocycles. The van der Waals surface area contributed by atoms with Crippen LogP contribution in [0.2, 0.25) is 0 Å². The van der Waals surface area contributed by atoms with Crippen molar-refractivity contribution in [2.45, 2.75) is 12.8 Å². The molecule has 80 valence electrons. The number of benzene rings is 1. The van der Waals surface area contributed by atoms with Crippen LogP contribution >= 0.6 is 0 Å². The fraction of sp³-hybridized carbons (Fsp3) is 0.462. The van der Waals surface area contributed by atoms with E-state index in [2.05, 4.69) is 0 Å². The van der Waals surface area contributed by atoms with Crippen molar-refractivity contribution in [2.75, 3.05) is 19.8 Å². The third kappa shape index (κ3) is 3.24. The van der Waals surface area contributed by atoms with E-state index < -0.39 is 0 Å². The zero-order valence-corrected chi connectivity index (χ0v) is 8.82. The smallest absolute Gasteiger partial charge is 0.119 e. The van der Waals surface area contributed by atoms with Crippen LogP contribution in [0.5, 0.6) is 5.75 Å². The van der Waals surface area contributed by atoms with E-state index in [9.17, 15) is 0 Å². The molecule has 1 fully saturated rings. The molecular weight excluding hydrogens is 188 g/mol. The molecule has 0 unspecified atom stereocenters. The molecule has 0 N–H and O–H groups in total. The van der Waals surface area contributed by atoms with Gasteiger partial charge >= 0.3 is 0 Å². The molecule has 0 amide bonds. The molecule has 2 rings (SSSR count). The summed E-state index contributed by atoms with van der Waals surface area (Å²) in [7, 11) is 0. The molecule has 15 heavy (non-hydrogen) atoms. The standard InChI is InChI=1S/C13H16O2/c1-11-2-4-13(5-3-11)15-10-12-6-8-14-9-7-12/h1-5,12H,6-10H2. The van der Waals surface area contributed by atoms with E-state index in [1.807, 2.05) is 24.3 Å². The van der Waals surface area contributed by atoms with Gasteiger partial charge in [-0.05, 0) is 43.4 Å². The van der Waals surface area contributed by atoms with Crippen molar-refractivity contribution < 1.29 is 9.47 Å². The summed E-state index contributed by atoms with van der Waals surface area (Å²) in [4.78, 5) is 0. The van der Waals surface area contributed by atoms with Crippen LogP contribution in [0.4, 0.5) is 0 Å². The second kappa shape index (κ2) is 5.17. The molecule has 2 radical (unpaired) electrons. The average Bonchev–Trinajstić information content (AvgIpc) is 2.30. The van der Waals surface area contributed by atoms with Crippen LogP contribution in [0.3, 0.4) is 0 Å². The van der Waals surface area contributed by atoms with Gasteiger partial charge in [-0.15, -0.1) is 0 Å². The summed E-state index contributed by atoms with van der Waals surface area (Å²) in [6.45, 7) is 8.12. The minimum Gasteiger partial charge on any atom is -0.493 e. The van der Waals surface area contributed by atoms with E-state index in [1.54, 1.807) is 0 Å². The molecule has 1 heterocycles. The summed E-state index contributed by atoms with van der Waals surface area (Å²) >= 11 is 0. The predicted octanol–water partition coefficient (Wildman–Crippen LogP) is 2.55. The molecule has 1 aliphatic heterocycles. The third-order valence-corrected chi connectivity index (χ3v) is 2.71. The molecule has 0 spiro atoms. The van der Waals surface area contributed by atoms with Gasteiger partial charge in [0.1, 0.15) is 5.75 Å². The summed E-state index contributed by atoms with van der Waals surface area (Å²) in [6.07, 6.45) is 2.21. The maximum atomic E-state index is 5.69. The van der Waals surface area contributed by atoms with Crippen LogP contribution in [0.1, 0.15) is 18.4 Å². The Hall–Kier alpha value is -1.02. The maximum Gasteiger partial charge on any atom is 0.119 e. The predicted molar refractivity (Wildman–Crippen MR) is 58.9 cm³/mol. The lowest BCUT2D eigenvalue weighted by atomic mass is 10.0. The Kier molecular flexibility index (Phi) is 3.62. The van der Waals surface area contributed by atoms with Crippen LogP contribution in [-0.2, 0) is 4.74 Å². The normalized spacial score (nSPS) is 17.7. The first-order chi connectivity index (χ1) is 7.34. The molecule has 1 aromatic rings. The van der Waals surface area contributed by atoms with Crippen molar-refractivity contribution in [1.82, 2.24) is 0 Å². The van der Waals surface area contributed by atoms with E-state index in [4.69, 9.17) is 16.4 Å². The first kappa shape index (κ1) is 10.5. The number of hydrogen-bond donors (Lipinski definition) is 0. The first-order valence-electron chi connectivity index (χ1n) is 5.40. The van der Waals surface area contributed by atoms with Gasteiger partial charge in [-0.1, -0.05) is 12.1 Å². The first-order valence-corrected chi connectivity index (χ1v) is 5.40. The van der Waals surface area contributed by atoms with Crippen molar-refractivity contribution in [3.63, 3.8) is 0 Å². The second-order valence-corrected chi connectivity index (χ2v) is 3.94. The molecule has 1 saturated heterocycles. The van der Waals surface area contributed by atoms with Crippen LogP contribution in [-0.4, -0.2) is 19.8 Å². The summed E-state index contributed by atoms with van der Waals surface area (Å²) < 4.78 is 11.0. The highest BCUT2D eigenvalue weighted by atomic mass is 16.5. The van der Waals surface area contributed by atoms with Crippen LogP contribution in [0.15, 0.2) is 24.3 Å². The van der Waals surface area contributed by atoms with Gasteiger partial charge in [0.05, 0.1) is 6.61 Å². The lowest BCUT2D eigenvalue weighted by Crippen LogP contribution is -2.21. The quantitative estimate of drug-likeness (QED) is 0.753. The molecule has 2 heteroatoms. The topological polar surface area (TPSA) is 18.5 Å². The van der Waals surface area contributed by atoms with Gasteiger partial charge in [-0.2, -0.15) is 0 Å². The molecule has 0 atom stereocenters. The lowest BCUT2D eigenvalue weighted by molar-refractivity contribution is 0.0497. The van der Waals surface area contributed by atoms with Crippen molar-refractivity contribution in [1.29, 1.82) is 0 Å². The van der Waals surface area contributed by atoms with Crippen molar-refractivity contribution in [3.05, 3.63) is 36.8 Å². The van der Waals surface area contributed by atoms with E-state index in [0.29, 0.717) is 5.92 Å². The van der Waals surface area contributed by atoms with Crippen molar-refractivity contribution in [3.8, 4) is 5.75 Å². The van der Waals surface area contributed by atoms with E-state index in [-0.39, 0.29) is 0 Å². The highest BCUT2D eigenvalue weighted by molar-refractivity contribution is 5.28. The zero-order chi connectivity index (χ0) is 10.5. The van der Waals surface area contributed by atoms with Gasteiger partial charge in [0, 0.05) is 13.2 Å². The molecular formula is C13H16O2. The molecule has 0 aromatic heterocycles. The monoisotopic (exact) mass is 204 g/mol. The van der Waals surface area contributed by atoms with Gasteiger partial charge in [0.25, 0.3) is 0 Å². The number of ether oxygens (including phenoxy) is 2. The van der Waals surface area contributed by atoms with Crippen LogP contribution < -0.4 is 4.74 Å². The summed E-state index contributed by atoms with van der Waals surface area (Å²) in [5, 5.41) is 0. The molecule has 0 bridgehead atoms. The minimum atomic E-state index is 0.635. The fourth-order valence-corrected chi connectivity index (χ4v) is 1.69. The van der Waals surface area contributed by atoms with Gasteiger partial charge < -0.3 is 9.47 Å². The molecule has 1 aliphatic rings. The van der Waals surface area contributed by atoms with Crippen molar-refractivity contribution >= 4 is 0 Å². The Bertz CT molecular complexity index is 286. The molecule has 2 nitrogen and oxygen atoms in total. The molecule has 1 aromatic carbocycles. The average molecular weight is 204 g/mol. The highest BCUT2D eigenvalue weighted by Gasteiger charge is 2.14. The Morgan fingerprint density at radius 3 is 2.53 bits per heavy atom. The van der Waals surface area contributed by atoms with E-state index in [1.165, 1.54) is 0 Å². The van der Waals surface area contributed by atoms with Gasteiger partial charge in [0.15, 0.2) is 0 Å². The Balaban J connectivity index is 1.79. The Morgan fingerprint density at radius 2 is 1.87 bits per heavy atom. The van der Waals surface area contributed by atoms with Crippen LogP contribution in [0, 0.1) is 12.8 Å². The van der Waals surface area contributed by atoms with Crippen LogP contribution in [0.25, 0.3) is 0 Å². The van der Waals surface area contributed by atoms with Gasteiger partial charge in [-0.25, -0.2) is 0 Å². The highest BCUT2D eigenvalue weighted by Crippen LogP contribution is 2.18. The van der Waals surface area contributed by atoms with E-state index >= 15 is 0 Å². The summed E-state index contributed by atoms with van der Waals surface area (Å²) in [5.41, 5.74) is 0.772. The van der Waals surface area contributed by atoms with Gasteiger partial charge in [-0.3, -0.25) is 0 Å². The number of hydrogen-bond acceptors (Lipinski definition) is 2. The maximum absolute atomic E-state index is 5.69. The number of rotatable bonds is 3. The molecule has 0 aliphatic carbocycles. The van der Waals surface area contributed by atoms with E-state index in [0.717, 1.165) is 44.0 Å². The second-order valence-electron chi connectivity index (χ2n) is 3.94. The minimum absolute atomic E-state index is 0.635. The SMILES string of the molecule is [CH]c1ccc(OCC2CCOCC2)cc1. The third-order valence-electron chi connectivity index (χ3n) is 2.71. The Labute approximate surface area is 91.2 Å². The van der Waals surface area contributed by atoms with Gasteiger partial charge in [0.2, 0.25) is 0 Å². The largest absolute Gasteiger partial charge is 0.493 e. The summed E-state index contributed by atoms with van der Waals surface area (Å²) in [6, 6.07) is 7.54. The Morgan fingerprint density at radius 1 is 1.20 bits per heavy atom. The summed E-state index contributed by atoms with van der Waals surface area (Å²) in [5.74, 6) is 1.53. The fourth-order valence-electron chi connectivity index (χ4n) is 1.69. The van der Waals surface area contributed by atoms with Crippen molar-refractivity contribution in [2.24, 2.45) is 5.92 Å².